The lowest BCUT2D eigenvalue weighted by molar-refractivity contribution is -0.136. The second-order valence-corrected chi connectivity index (χ2v) is 6.17. The van der Waals surface area contributed by atoms with Crippen molar-refractivity contribution < 1.29 is 14.6 Å². The quantitative estimate of drug-likeness (QED) is 0.747. The number of rotatable bonds is 6. The van der Waals surface area contributed by atoms with Gasteiger partial charge in [0.15, 0.2) is 4.96 Å². The van der Waals surface area contributed by atoms with Crippen molar-refractivity contribution in [3.63, 3.8) is 0 Å². The maximum absolute atomic E-state index is 11.0. The van der Waals surface area contributed by atoms with E-state index in [0.717, 1.165) is 39.8 Å². The van der Waals surface area contributed by atoms with Gasteiger partial charge >= 0.3 is 5.97 Å². The minimum atomic E-state index is -0.836. The number of carbonyl (C=O) groups is 1. The van der Waals surface area contributed by atoms with E-state index < -0.39 is 5.97 Å². The zero-order chi connectivity index (χ0) is 16.4. The molecule has 0 aliphatic heterocycles. The number of benzene rings is 1. The minimum absolute atomic E-state index is 0.000432. The molecule has 3 rings (SSSR count). The van der Waals surface area contributed by atoms with Gasteiger partial charge in [-0.15, -0.1) is 11.3 Å². The Balaban J connectivity index is 1.95. The highest BCUT2D eigenvalue weighted by molar-refractivity contribution is 7.15. The SMILES string of the molecule is CCCOc1ccc(-c2nc3scc(CC(=O)O)n3c2C)cc1. The summed E-state index contributed by atoms with van der Waals surface area (Å²) in [6, 6.07) is 7.86. The van der Waals surface area contributed by atoms with Gasteiger partial charge in [-0.1, -0.05) is 6.92 Å². The number of hydrogen-bond acceptors (Lipinski definition) is 4. The molecule has 2 heterocycles. The lowest BCUT2D eigenvalue weighted by Crippen LogP contribution is -2.03. The van der Waals surface area contributed by atoms with Crippen LogP contribution in [-0.2, 0) is 11.2 Å². The molecule has 0 unspecified atom stereocenters. The highest BCUT2D eigenvalue weighted by atomic mass is 32.1. The molecule has 5 nitrogen and oxygen atoms in total. The first-order chi connectivity index (χ1) is 11.1. The van der Waals surface area contributed by atoms with Crippen LogP contribution in [0.4, 0.5) is 0 Å². The summed E-state index contributed by atoms with van der Waals surface area (Å²) in [7, 11) is 0. The summed E-state index contributed by atoms with van der Waals surface area (Å²) in [6.07, 6.45) is 0.977. The Kier molecular flexibility index (Phi) is 4.34. The van der Waals surface area contributed by atoms with E-state index in [4.69, 9.17) is 9.84 Å². The van der Waals surface area contributed by atoms with Crippen LogP contribution < -0.4 is 4.74 Å². The Hall–Kier alpha value is -2.34. The summed E-state index contributed by atoms with van der Waals surface area (Å²) in [5.74, 6) is 0.0117. The summed E-state index contributed by atoms with van der Waals surface area (Å²) >= 11 is 1.46. The van der Waals surface area contributed by atoms with Gasteiger partial charge in [0.05, 0.1) is 18.7 Å². The number of thiazole rings is 1. The van der Waals surface area contributed by atoms with E-state index in [2.05, 4.69) is 11.9 Å². The van der Waals surface area contributed by atoms with Crippen molar-refractivity contribution in [2.24, 2.45) is 0 Å². The number of aliphatic carboxylic acids is 1. The van der Waals surface area contributed by atoms with Crippen LogP contribution in [0.3, 0.4) is 0 Å². The molecular formula is C17H18N2O3S. The number of aryl methyl sites for hydroxylation is 1. The predicted octanol–water partition coefficient (Wildman–Crippen LogP) is 3.79. The van der Waals surface area contributed by atoms with Crippen LogP contribution in [0, 0.1) is 6.92 Å². The Bertz CT molecular complexity index is 834. The maximum Gasteiger partial charge on any atom is 0.309 e. The van der Waals surface area contributed by atoms with Crippen molar-refractivity contribution >= 4 is 22.3 Å². The first kappa shape index (κ1) is 15.6. The molecule has 0 amide bonds. The van der Waals surface area contributed by atoms with Crippen molar-refractivity contribution in [3.8, 4) is 17.0 Å². The maximum atomic E-state index is 11.0. The Morgan fingerprint density at radius 1 is 1.35 bits per heavy atom. The van der Waals surface area contributed by atoms with Gasteiger partial charge in [-0.05, 0) is 37.6 Å². The van der Waals surface area contributed by atoms with E-state index in [-0.39, 0.29) is 6.42 Å². The second kappa shape index (κ2) is 6.42. The first-order valence-corrected chi connectivity index (χ1v) is 8.38. The summed E-state index contributed by atoms with van der Waals surface area (Å²) in [5, 5.41) is 10.9. The highest BCUT2D eigenvalue weighted by Crippen LogP contribution is 2.29. The molecule has 0 aliphatic rings. The van der Waals surface area contributed by atoms with E-state index in [1.807, 2.05) is 41.0 Å². The molecule has 0 saturated heterocycles. The molecule has 1 aromatic carbocycles. The number of imidazole rings is 1. The normalized spacial score (nSPS) is 11.0. The molecule has 120 valence electrons. The number of carboxylic acid groups (broad SMARTS) is 1. The molecule has 6 heteroatoms. The van der Waals surface area contributed by atoms with Gasteiger partial charge in [0.1, 0.15) is 5.75 Å². The number of aromatic nitrogens is 2. The van der Waals surface area contributed by atoms with E-state index in [0.29, 0.717) is 6.61 Å². The van der Waals surface area contributed by atoms with E-state index in [9.17, 15) is 4.79 Å². The number of nitrogens with zero attached hydrogens (tertiary/aromatic N) is 2. The van der Waals surface area contributed by atoms with Crippen LogP contribution in [0.5, 0.6) is 5.75 Å². The van der Waals surface area contributed by atoms with Crippen LogP contribution in [-0.4, -0.2) is 27.1 Å². The fraction of sp³-hybridized carbons (Fsp3) is 0.294. The molecule has 0 bridgehead atoms. The Morgan fingerprint density at radius 3 is 2.74 bits per heavy atom. The third kappa shape index (κ3) is 3.07. The van der Waals surface area contributed by atoms with Crippen LogP contribution >= 0.6 is 11.3 Å². The smallest absolute Gasteiger partial charge is 0.309 e. The summed E-state index contributed by atoms with van der Waals surface area (Å²) in [4.78, 5) is 16.4. The molecule has 0 atom stereocenters. The van der Waals surface area contributed by atoms with Crippen LogP contribution in [0.25, 0.3) is 16.2 Å². The van der Waals surface area contributed by atoms with Gasteiger partial charge in [0.2, 0.25) is 0 Å². The molecule has 0 radical (unpaired) electrons. The van der Waals surface area contributed by atoms with Crippen LogP contribution in [0.2, 0.25) is 0 Å². The minimum Gasteiger partial charge on any atom is -0.494 e. The molecular weight excluding hydrogens is 312 g/mol. The second-order valence-electron chi connectivity index (χ2n) is 5.33. The summed E-state index contributed by atoms with van der Waals surface area (Å²) < 4.78 is 7.52. The number of fused-ring (bicyclic) bond motifs is 1. The molecule has 0 spiro atoms. The monoisotopic (exact) mass is 330 g/mol. The van der Waals surface area contributed by atoms with Crippen molar-refractivity contribution in [1.82, 2.24) is 9.38 Å². The predicted molar refractivity (Wildman–Crippen MR) is 90.4 cm³/mol. The third-order valence-electron chi connectivity index (χ3n) is 3.60. The van der Waals surface area contributed by atoms with E-state index in [1.54, 1.807) is 0 Å². The number of ether oxygens (including phenoxy) is 1. The summed E-state index contributed by atoms with van der Waals surface area (Å²) in [5.41, 5.74) is 3.60. The molecule has 3 aromatic rings. The zero-order valence-corrected chi connectivity index (χ0v) is 13.9. The molecule has 2 aromatic heterocycles. The Labute approximate surface area is 138 Å². The lowest BCUT2D eigenvalue weighted by Gasteiger charge is -2.05. The van der Waals surface area contributed by atoms with Crippen molar-refractivity contribution in [2.75, 3.05) is 6.61 Å². The van der Waals surface area contributed by atoms with Crippen molar-refractivity contribution in [1.29, 1.82) is 0 Å². The molecule has 1 N–H and O–H groups in total. The Morgan fingerprint density at radius 2 is 2.09 bits per heavy atom. The average molecular weight is 330 g/mol. The average Bonchev–Trinajstić information content (AvgIpc) is 3.07. The van der Waals surface area contributed by atoms with E-state index in [1.165, 1.54) is 11.3 Å². The fourth-order valence-electron chi connectivity index (χ4n) is 2.54. The number of hydrogen-bond donors (Lipinski definition) is 1. The lowest BCUT2D eigenvalue weighted by atomic mass is 10.1. The van der Waals surface area contributed by atoms with Gasteiger partial charge in [0, 0.05) is 22.3 Å². The van der Waals surface area contributed by atoms with Gasteiger partial charge in [-0.3, -0.25) is 9.20 Å². The molecule has 23 heavy (non-hydrogen) atoms. The van der Waals surface area contributed by atoms with Gasteiger partial charge < -0.3 is 9.84 Å². The van der Waals surface area contributed by atoms with Gasteiger partial charge in [-0.25, -0.2) is 4.98 Å². The van der Waals surface area contributed by atoms with Gasteiger partial charge in [-0.2, -0.15) is 0 Å². The fourth-order valence-corrected chi connectivity index (χ4v) is 3.48. The summed E-state index contributed by atoms with van der Waals surface area (Å²) in [6.45, 7) is 4.75. The van der Waals surface area contributed by atoms with E-state index >= 15 is 0 Å². The van der Waals surface area contributed by atoms with Crippen molar-refractivity contribution in [3.05, 3.63) is 41.0 Å². The zero-order valence-electron chi connectivity index (χ0n) is 13.1. The molecule has 0 fully saturated rings. The van der Waals surface area contributed by atoms with Crippen molar-refractivity contribution in [2.45, 2.75) is 26.7 Å². The largest absolute Gasteiger partial charge is 0.494 e. The molecule has 0 saturated carbocycles. The third-order valence-corrected chi connectivity index (χ3v) is 4.47. The highest BCUT2D eigenvalue weighted by Gasteiger charge is 2.16. The van der Waals surface area contributed by atoms with Crippen LogP contribution in [0.1, 0.15) is 24.7 Å². The first-order valence-electron chi connectivity index (χ1n) is 7.50. The number of carboxylic acids is 1. The topological polar surface area (TPSA) is 63.8 Å². The van der Waals surface area contributed by atoms with Crippen LogP contribution in [0.15, 0.2) is 29.6 Å². The standard InChI is InChI=1S/C17H18N2O3S/c1-3-8-22-14-6-4-12(5-7-14)16-11(2)19-13(9-15(20)21)10-23-17(19)18-16/h4-7,10H,3,8-9H2,1-2H3,(H,20,21). The molecule has 0 aliphatic carbocycles. The van der Waals surface area contributed by atoms with Gasteiger partial charge in [0.25, 0.3) is 0 Å².